The van der Waals surface area contributed by atoms with Crippen LogP contribution in [0.4, 0.5) is 0 Å². The number of phenols is 1. The van der Waals surface area contributed by atoms with Gasteiger partial charge in [0.25, 0.3) is 11.7 Å². The number of hydrogen-bond donors (Lipinski definition) is 2. The maximum absolute atomic E-state index is 13.0. The minimum absolute atomic E-state index is 0.0495. The lowest BCUT2D eigenvalue weighted by atomic mass is 9.95. The van der Waals surface area contributed by atoms with Crippen LogP contribution in [0.5, 0.6) is 17.2 Å². The quantitative estimate of drug-likeness (QED) is 0.350. The van der Waals surface area contributed by atoms with Crippen molar-refractivity contribution in [1.29, 1.82) is 0 Å². The first kappa shape index (κ1) is 23.1. The molecule has 1 heterocycles. The van der Waals surface area contributed by atoms with Crippen LogP contribution in [0.2, 0.25) is 0 Å². The van der Waals surface area contributed by atoms with E-state index in [1.807, 2.05) is 6.92 Å². The van der Waals surface area contributed by atoms with E-state index in [4.69, 9.17) is 14.2 Å². The van der Waals surface area contributed by atoms with Crippen molar-refractivity contribution >= 4 is 17.4 Å². The highest BCUT2D eigenvalue weighted by Gasteiger charge is 2.46. The number of methoxy groups -OCH3 is 2. The van der Waals surface area contributed by atoms with Crippen molar-refractivity contribution in [1.82, 2.24) is 4.90 Å². The Morgan fingerprint density at radius 3 is 2.56 bits per heavy atom. The number of rotatable bonds is 9. The number of benzene rings is 2. The Hall–Kier alpha value is -3.52. The molecule has 0 aliphatic carbocycles. The van der Waals surface area contributed by atoms with Gasteiger partial charge in [0.2, 0.25) is 0 Å². The van der Waals surface area contributed by atoms with Gasteiger partial charge in [-0.05, 0) is 36.2 Å². The second-order valence-corrected chi connectivity index (χ2v) is 7.29. The van der Waals surface area contributed by atoms with Gasteiger partial charge in [0.15, 0.2) is 11.5 Å². The molecule has 0 bridgehead atoms. The number of aliphatic hydroxyl groups is 1. The van der Waals surface area contributed by atoms with Crippen molar-refractivity contribution in [3.8, 4) is 17.2 Å². The first-order valence-electron chi connectivity index (χ1n) is 10.3. The molecule has 2 aromatic rings. The average Bonchev–Trinajstić information content (AvgIpc) is 3.06. The van der Waals surface area contributed by atoms with Crippen LogP contribution in [0.25, 0.3) is 5.76 Å². The van der Waals surface area contributed by atoms with Crippen molar-refractivity contribution in [3.05, 3.63) is 59.2 Å². The Morgan fingerprint density at radius 2 is 1.88 bits per heavy atom. The van der Waals surface area contributed by atoms with Crippen molar-refractivity contribution in [2.24, 2.45) is 0 Å². The number of aliphatic hydroxyl groups excluding tert-OH is 1. The Kier molecular flexibility index (Phi) is 7.37. The fraction of sp³-hybridized carbons (Fsp3) is 0.333. The molecule has 0 aromatic heterocycles. The summed E-state index contributed by atoms with van der Waals surface area (Å²) >= 11 is 0. The SMILES string of the molecule is CCCOc1cccc(C(O)=C2C(=O)C(=O)N(CCOC)C2c2ccc(O)c(OC)c2)c1. The average molecular weight is 441 g/mol. The molecule has 0 spiro atoms. The Bertz CT molecular complexity index is 1030. The van der Waals surface area contributed by atoms with Crippen molar-refractivity contribution in [3.63, 3.8) is 0 Å². The van der Waals surface area contributed by atoms with E-state index in [-0.39, 0.29) is 36.0 Å². The van der Waals surface area contributed by atoms with Gasteiger partial charge in [-0.1, -0.05) is 25.1 Å². The highest BCUT2D eigenvalue weighted by molar-refractivity contribution is 6.46. The summed E-state index contributed by atoms with van der Waals surface area (Å²) in [4.78, 5) is 27.2. The van der Waals surface area contributed by atoms with Crippen LogP contribution in [0, 0.1) is 0 Å². The molecule has 1 atom stereocenters. The Morgan fingerprint density at radius 1 is 1.09 bits per heavy atom. The third-order valence-corrected chi connectivity index (χ3v) is 5.18. The topological polar surface area (TPSA) is 106 Å². The fourth-order valence-corrected chi connectivity index (χ4v) is 3.62. The molecule has 0 saturated carbocycles. The predicted octanol–water partition coefficient (Wildman–Crippen LogP) is 3.26. The largest absolute Gasteiger partial charge is 0.507 e. The van der Waals surface area contributed by atoms with Crippen molar-refractivity contribution in [2.45, 2.75) is 19.4 Å². The molecule has 8 heteroatoms. The van der Waals surface area contributed by atoms with Gasteiger partial charge in [-0.25, -0.2) is 0 Å². The monoisotopic (exact) mass is 441 g/mol. The van der Waals surface area contributed by atoms with Crippen LogP contribution in [0.3, 0.4) is 0 Å². The zero-order chi connectivity index (χ0) is 23.3. The summed E-state index contributed by atoms with van der Waals surface area (Å²) in [6.45, 7) is 2.85. The van der Waals surface area contributed by atoms with Crippen LogP contribution in [-0.4, -0.2) is 60.8 Å². The number of hydrogen-bond acceptors (Lipinski definition) is 7. The number of aromatic hydroxyl groups is 1. The van der Waals surface area contributed by atoms with Crippen LogP contribution < -0.4 is 9.47 Å². The molecule has 0 radical (unpaired) electrons. The number of ether oxygens (including phenoxy) is 3. The lowest BCUT2D eigenvalue weighted by Crippen LogP contribution is -2.32. The molecule has 8 nitrogen and oxygen atoms in total. The third-order valence-electron chi connectivity index (χ3n) is 5.18. The number of Topliss-reactive ketones (excluding diaryl/α,β-unsaturated/α-hetero) is 1. The molecule has 2 aromatic carbocycles. The molecule has 1 amide bonds. The van der Waals surface area contributed by atoms with Gasteiger partial charge in [-0.2, -0.15) is 0 Å². The molecule has 32 heavy (non-hydrogen) atoms. The first-order valence-corrected chi connectivity index (χ1v) is 10.3. The summed E-state index contributed by atoms with van der Waals surface area (Å²) < 4.78 is 15.9. The van der Waals surface area contributed by atoms with Crippen LogP contribution in [0.1, 0.15) is 30.5 Å². The second-order valence-electron chi connectivity index (χ2n) is 7.29. The van der Waals surface area contributed by atoms with E-state index in [0.717, 1.165) is 6.42 Å². The zero-order valence-electron chi connectivity index (χ0n) is 18.3. The van der Waals surface area contributed by atoms with E-state index in [1.165, 1.54) is 25.2 Å². The summed E-state index contributed by atoms with van der Waals surface area (Å²) in [5.74, 6) is -1.18. The van der Waals surface area contributed by atoms with E-state index in [1.54, 1.807) is 36.4 Å². The van der Waals surface area contributed by atoms with Gasteiger partial charge in [-0.15, -0.1) is 0 Å². The predicted molar refractivity (Wildman–Crippen MR) is 118 cm³/mol. The van der Waals surface area contributed by atoms with Gasteiger partial charge in [0, 0.05) is 19.2 Å². The number of carbonyl (C=O) groups is 2. The smallest absolute Gasteiger partial charge is 0.295 e. The number of likely N-dealkylation sites (tertiary alicyclic amines) is 1. The maximum Gasteiger partial charge on any atom is 0.295 e. The molecule has 170 valence electrons. The molecular formula is C24H27NO7. The molecule has 1 aliphatic rings. The summed E-state index contributed by atoms with van der Waals surface area (Å²) in [5.41, 5.74) is 0.820. The van der Waals surface area contributed by atoms with E-state index in [2.05, 4.69) is 0 Å². The summed E-state index contributed by atoms with van der Waals surface area (Å²) in [5, 5.41) is 21.1. The van der Waals surface area contributed by atoms with E-state index >= 15 is 0 Å². The van der Waals surface area contributed by atoms with Crippen molar-refractivity contribution in [2.75, 3.05) is 34.0 Å². The van der Waals surface area contributed by atoms with Crippen molar-refractivity contribution < 1.29 is 34.0 Å². The Labute approximate surface area is 186 Å². The molecule has 3 rings (SSSR count). The number of phenolic OH excluding ortho intramolecular Hbond substituents is 1. The number of ketones is 1. The van der Waals surface area contributed by atoms with Gasteiger partial charge >= 0.3 is 0 Å². The highest BCUT2D eigenvalue weighted by Crippen LogP contribution is 2.41. The van der Waals surface area contributed by atoms with Gasteiger partial charge < -0.3 is 29.3 Å². The van der Waals surface area contributed by atoms with Gasteiger partial charge in [0.05, 0.1) is 31.9 Å². The van der Waals surface area contributed by atoms with E-state index in [0.29, 0.717) is 23.5 Å². The van der Waals surface area contributed by atoms with E-state index in [9.17, 15) is 19.8 Å². The number of amides is 1. The Balaban J connectivity index is 2.14. The third kappa shape index (κ3) is 4.55. The lowest BCUT2D eigenvalue weighted by Gasteiger charge is -2.25. The minimum Gasteiger partial charge on any atom is -0.507 e. The molecule has 1 fully saturated rings. The van der Waals surface area contributed by atoms with Gasteiger partial charge in [-0.3, -0.25) is 9.59 Å². The molecule has 1 aliphatic heterocycles. The van der Waals surface area contributed by atoms with Crippen LogP contribution >= 0.6 is 0 Å². The normalized spacial score (nSPS) is 17.6. The summed E-state index contributed by atoms with van der Waals surface area (Å²) in [6.07, 6.45) is 0.823. The van der Waals surface area contributed by atoms with Crippen LogP contribution in [-0.2, 0) is 14.3 Å². The maximum atomic E-state index is 13.0. The highest BCUT2D eigenvalue weighted by atomic mass is 16.5. The molecule has 1 saturated heterocycles. The summed E-state index contributed by atoms with van der Waals surface area (Å²) in [6, 6.07) is 10.4. The summed E-state index contributed by atoms with van der Waals surface area (Å²) in [7, 11) is 2.90. The molecule has 2 N–H and O–H groups in total. The standard InChI is InChI=1S/C24H27NO7/c1-4-11-32-17-7-5-6-16(13-17)22(27)20-21(15-8-9-18(26)19(14-15)31-3)25(10-12-30-2)24(29)23(20)28/h5-9,13-14,21,26-27H,4,10-12H2,1-3H3. The molecule has 1 unspecified atom stereocenters. The van der Waals surface area contributed by atoms with Crippen LogP contribution in [0.15, 0.2) is 48.0 Å². The fourth-order valence-electron chi connectivity index (χ4n) is 3.62. The molecular weight excluding hydrogens is 414 g/mol. The lowest BCUT2D eigenvalue weighted by molar-refractivity contribution is -0.140. The number of nitrogens with zero attached hydrogens (tertiary/aromatic N) is 1. The second kappa shape index (κ2) is 10.2. The van der Waals surface area contributed by atoms with E-state index < -0.39 is 17.7 Å². The first-order chi connectivity index (χ1) is 15.4. The van der Waals surface area contributed by atoms with Gasteiger partial charge in [0.1, 0.15) is 11.5 Å². The minimum atomic E-state index is -0.875. The zero-order valence-corrected chi connectivity index (χ0v) is 18.3. The number of carbonyl (C=O) groups excluding carboxylic acids is 2.